The van der Waals surface area contributed by atoms with Crippen molar-refractivity contribution in [3.05, 3.63) is 24.3 Å². The van der Waals surface area contributed by atoms with E-state index in [2.05, 4.69) is 88.3 Å². The van der Waals surface area contributed by atoms with Crippen LogP contribution in [0.1, 0.15) is 0 Å². The van der Waals surface area contributed by atoms with Crippen LogP contribution >= 0.6 is 0 Å². The summed E-state index contributed by atoms with van der Waals surface area (Å²) in [6, 6.07) is 8.61. The molecule has 2 aromatic rings. The van der Waals surface area contributed by atoms with Crippen molar-refractivity contribution in [2.45, 2.75) is 0 Å². The molecular formula is C10H8Se4. The summed E-state index contributed by atoms with van der Waals surface area (Å²) in [5.74, 6) is 0. The van der Waals surface area contributed by atoms with Gasteiger partial charge in [0, 0.05) is 0 Å². The fourth-order valence-electron chi connectivity index (χ4n) is 1.42. The molecule has 2 rings (SSSR count). The van der Waals surface area contributed by atoms with E-state index in [0.29, 0.717) is 0 Å². The summed E-state index contributed by atoms with van der Waals surface area (Å²) < 4.78 is 5.13. The van der Waals surface area contributed by atoms with Gasteiger partial charge in [0.25, 0.3) is 0 Å². The number of hydrogen-bond acceptors (Lipinski definition) is 0. The maximum absolute atomic E-state index is 2.64. The van der Waals surface area contributed by atoms with Crippen molar-refractivity contribution in [3.63, 3.8) is 0 Å². The van der Waals surface area contributed by atoms with Gasteiger partial charge in [0.15, 0.2) is 0 Å². The molecule has 0 nitrogen and oxygen atoms in total. The van der Waals surface area contributed by atoms with Crippen LogP contribution in [-0.2, 0) is 0 Å². The van der Waals surface area contributed by atoms with Crippen LogP contribution in [0.25, 0.3) is 10.8 Å². The molecule has 0 aliphatic carbocycles. The second kappa shape index (κ2) is 4.34. The number of fused-ring (bicyclic) bond motifs is 1. The van der Waals surface area contributed by atoms with E-state index in [4.69, 9.17) is 0 Å². The quantitative estimate of drug-likeness (QED) is 0.379. The van der Waals surface area contributed by atoms with Gasteiger partial charge in [-0.15, -0.1) is 0 Å². The van der Waals surface area contributed by atoms with E-state index in [1.807, 2.05) is 0 Å². The average Bonchev–Trinajstić information content (AvgIpc) is 2.16. The van der Waals surface area contributed by atoms with Gasteiger partial charge >= 0.3 is 117 Å². The zero-order chi connectivity index (χ0) is 10.3. The van der Waals surface area contributed by atoms with Gasteiger partial charge in [-0.1, -0.05) is 0 Å². The third kappa shape index (κ3) is 1.87. The Labute approximate surface area is 116 Å². The normalized spacial score (nSPS) is 10.9. The van der Waals surface area contributed by atoms with Crippen molar-refractivity contribution in [1.82, 2.24) is 0 Å². The first-order valence-electron chi connectivity index (χ1n) is 3.97. The molecule has 0 radical (unpaired) electrons. The van der Waals surface area contributed by atoms with E-state index in [1.165, 1.54) is 28.6 Å². The van der Waals surface area contributed by atoms with Gasteiger partial charge in [-0.25, -0.2) is 0 Å². The topological polar surface area (TPSA) is 0 Å². The minimum atomic E-state index is 1.28. The number of rotatable bonds is 0. The third-order valence-electron chi connectivity index (χ3n) is 2.07. The maximum atomic E-state index is 2.64. The summed E-state index contributed by atoms with van der Waals surface area (Å²) in [5, 5.41) is 2.70. The van der Waals surface area contributed by atoms with E-state index in [-0.39, 0.29) is 0 Å². The van der Waals surface area contributed by atoms with Gasteiger partial charge in [-0.2, -0.15) is 0 Å². The van der Waals surface area contributed by atoms with E-state index in [1.54, 1.807) is 0 Å². The summed E-state index contributed by atoms with van der Waals surface area (Å²) in [7, 11) is 0. The fourth-order valence-corrected chi connectivity index (χ4v) is 4.83. The Balaban J connectivity index is 3.05. The van der Waals surface area contributed by atoms with Crippen LogP contribution in [-0.4, -0.2) is 64.1 Å². The Morgan fingerprint density at radius 1 is 0.500 bits per heavy atom. The summed E-state index contributed by atoms with van der Waals surface area (Å²) in [5.41, 5.74) is 0. The molecule has 0 heterocycles. The van der Waals surface area contributed by atoms with Gasteiger partial charge in [-0.05, 0) is 0 Å². The molecule has 0 fully saturated rings. The summed E-state index contributed by atoms with van der Waals surface area (Å²) in [6.45, 7) is 0. The van der Waals surface area contributed by atoms with Crippen LogP contribution in [0.15, 0.2) is 24.3 Å². The van der Waals surface area contributed by atoms with Crippen molar-refractivity contribution >= 4 is 92.7 Å². The Hall–Kier alpha value is 0.778. The van der Waals surface area contributed by atoms with Crippen molar-refractivity contribution in [2.24, 2.45) is 0 Å². The first-order chi connectivity index (χ1) is 6.61. The molecule has 0 aliphatic rings. The zero-order valence-corrected chi connectivity index (χ0v) is 14.6. The fraction of sp³-hybridized carbons (Fsp3) is 0. The van der Waals surface area contributed by atoms with Gasteiger partial charge in [-0.3, -0.25) is 0 Å². The number of benzene rings is 2. The second-order valence-corrected chi connectivity index (χ2v) is 7.00. The third-order valence-corrected chi connectivity index (χ3v) is 5.20. The van der Waals surface area contributed by atoms with Gasteiger partial charge in [0.2, 0.25) is 0 Å². The Morgan fingerprint density at radius 3 is 0.929 bits per heavy atom. The number of hydrogen-bond donors (Lipinski definition) is 0. The summed E-state index contributed by atoms with van der Waals surface area (Å²) >= 11 is 10.6. The molecule has 0 unspecified atom stereocenters. The van der Waals surface area contributed by atoms with Crippen LogP contribution in [0.3, 0.4) is 0 Å². The summed E-state index contributed by atoms with van der Waals surface area (Å²) in [6.07, 6.45) is 0. The second-order valence-electron chi connectivity index (χ2n) is 2.96. The predicted octanol–water partition coefficient (Wildman–Crippen LogP) is -3.06. The van der Waals surface area contributed by atoms with Gasteiger partial charge in [0.1, 0.15) is 0 Å². The molecule has 72 valence electrons. The van der Waals surface area contributed by atoms with E-state index < -0.39 is 0 Å². The molecule has 0 saturated carbocycles. The van der Waals surface area contributed by atoms with Gasteiger partial charge < -0.3 is 0 Å². The molecule has 0 aliphatic heterocycles. The molecule has 0 N–H and O–H groups in total. The monoisotopic (exact) mass is 448 g/mol. The molecule has 0 spiro atoms. The van der Waals surface area contributed by atoms with Crippen molar-refractivity contribution < 1.29 is 0 Å². The average molecular weight is 444 g/mol. The van der Waals surface area contributed by atoms with Gasteiger partial charge in [0.05, 0.1) is 0 Å². The molecule has 14 heavy (non-hydrogen) atoms. The van der Waals surface area contributed by atoms with Crippen molar-refractivity contribution in [1.29, 1.82) is 0 Å². The first kappa shape index (κ1) is 11.3. The molecule has 0 saturated heterocycles. The molecule has 4 heteroatoms. The van der Waals surface area contributed by atoms with Crippen LogP contribution in [0.4, 0.5) is 0 Å². The first-order valence-corrected chi connectivity index (χ1v) is 7.72. The molecule has 0 aromatic heterocycles. The Morgan fingerprint density at radius 2 is 0.714 bits per heavy atom. The van der Waals surface area contributed by atoms with Crippen LogP contribution < -0.4 is 17.8 Å². The zero-order valence-electron chi connectivity index (χ0n) is 7.10. The van der Waals surface area contributed by atoms with Crippen LogP contribution in [0.2, 0.25) is 0 Å². The minimum absolute atomic E-state index is 1.28. The molecule has 0 amide bonds. The predicted molar refractivity (Wildman–Crippen MR) is 71.1 cm³/mol. The summed E-state index contributed by atoms with van der Waals surface area (Å²) in [4.78, 5) is 0. The molecule has 0 atom stereocenters. The molecular weight excluding hydrogens is 436 g/mol. The van der Waals surface area contributed by atoms with E-state index in [9.17, 15) is 0 Å². The van der Waals surface area contributed by atoms with E-state index in [0.717, 1.165) is 0 Å². The van der Waals surface area contributed by atoms with E-state index >= 15 is 0 Å². The van der Waals surface area contributed by atoms with Crippen LogP contribution in [0.5, 0.6) is 0 Å². The van der Waals surface area contributed by atoms with Crippen molar-refractivity contribution in [2.75, 3.05) is 0 Å². The molecule has 0 bridgehead atoms. The van der Waals surface area contributed by atoms with Crippen LogP contribution in [0, 0.1) is 0 Å². The Kier molecular flexibility index (Phi) is 3.49. The van der Waals surface area contributed by atoms with Crippen molar-refractivity contribution in [3.8, 4) is 0 Å². The standard InChI is InChI=1S/C10H8Se4/c11-5-1-2-6(12)10-8(14)4-3-7(13)9(5)10/h1-4,11-14H. The molecule has 2 aromatic carbocycles. The Bertz CT molecular complexity index is 416. The SMILES string of the molecule is [SeH]c1ccc([SeH])c2c([SeH])ccc([SeH])c12.